The topological polar surface area (TPSA) is 108 Å². The average molecular weight is 451 g/mol. The summed E-state index contributed by atoms with van der Waals surface area (Å²) < 4.78 is 12.6. The Hall–Kier alpha value is -3.66. The summed E-state index contributed by atoms with van der Waals surface area (Å²) in [7, 11) is 1.89. The molecule has 0 saturated carbocycles. The van der Waals surface area contributed by atoms with Crippen LogP contribution in [0.1, 0.15) is 19.2 Å². The second kappa shape index (κ2) is 10.1. The first-order valence-electron chi connectivity index (χ1n) is 10.1. The molecule has 0 unspecified atom stereocenters. The second-order valence-electron chi connectivity index (χ2n) is 6.87. The standard InChI is InChI=1S/C22H22N6O3S/c1-3-30-17-8-4-15(5-9-17)21-25-20(31-27-21)13-12-19(29)24-16-6-10-18(11-7-16)32-22-26-23-14-28(22)2/h4-11,14H,3,12-13H2,1-2H3,(H,24,29). The minimum Gasteiger partial charge on any atom is -0.494 e. The number of anilines is 1. The van der Waals surface area contributed by atoms with E-state index < -0.39 is 0 Å². The molecule has 32 heavy (non-hydrogen) atoms. The highest BCUT2D eigenvalue weighted by molar-refractivity contribution is 7.99. The molecule has 0 fully saturated rings. The van der Waals surface area contributed by atoms with Gasteiger partial charge in [0, 0.05) is 36.0 Å². The molecule has 2 aromatic carbocycles. The Labute approximate surface area is 189 Å². The zero-order valence-corrected chi connectivity index (χ0v) is 18.5. The van der Waals surface area contributed by atoms with Crippen molar-refractivity contribution in [1.82, 2.24) is 24.9 Å². The molecule has 2 aromatic heterocycles. The molecule has 0 saturated heterocycles. The summed E-state index contributed by atoms with van der Waals surface area (Å²) in [5.41, 5.74) is 1.55. The van der Waals surface area contributed by atoms with Gasteiger partial charge >= 0.3 is 0 Å². The normalized spacial score (nSPS) is 10.8. The van der Waals surface area contributed by atoms with Gasteiger partial charge in [0.05, 0.1) is 6.61 Å². The molecule has 1 N–H and O–H groups in total. The van der Waals surface area contributed by atoms with E-state index >= 15 is 0 Å². The Morgan fingerprint density at radius 3 is 2.62 bits per heavy atom. The van der Waals surface area contributed by atoms with E-state index in [-0.39, 0.29) is 12.3 Å². The summed E-state index contributed by atoms with van der Waals surface area (Å²) in [4.78, 5) is 17.7. The van der Waals surface area contributed by atoms with Crippen molar-refractivity contribution in [2.45, 2.75) is 29.8 Å². The highest BCUT2D eigenvalue weighted by Gasteiger charge is 2.11. The minimum absolute atomic E-state index is 0.125. The summed E-state index contributed by atoms with van der Waals surface area (Å²) in [6.07, 6.45) is 2.25. The first kappa shape index (κ1) is 21.6. The first-order valence-corrected chi connectivity index (χ1v) is 10.9. The van der Waals surface area contributed by atoms with Crippen LogP contribution in [0, 0.1) is 0 Å². The van der Waals surface area contributed by atoms with Crippen LogP contribution in [-0.4, -0.2) is 37.4 Å². The molecule has 0 radical (unpaired) electrons. The van der Waals surface area contributed by atoms with Crippen molar-refractivity contribution in [3.05, 3.63) is 60.7 Å². The van der Waals surface area contributed by atoms with E-state index in [0.29, 0.717) is 24.7 Å². The van der Waals surface area contributed by atoms with Crippen LogP contribution in [0.3, 0.4) is 0 Å². The molecule has 0 spiro atoms. The molecular weight excluding hydrogens is 428 g/mol. The minimum atomic E-state index is -0.125. The third-order valence-corrected chi connectivity index (χ3v) is 5.53. The molecule has 0 aliphatic carbocycles. The zero-order chi connectivity index (χ0) is 22.3. The number of hydrogen-bond donors (Lipinski definition) is 1. The highest BCUT2D eigenvalue weighted by Crippen LogP contribution is 2.26. The lowest BCUT2D eigenvalue weighted by molar-refractivity contribution is -0.116. The Balaban J connectivity index is 1.27. The van der Waals surface area contributed by atoms with Gasteiger partial charge in [0.25, 0.3) is 0 Å². The van der Waals surface area contributed by atoms with Crippen LogP contribution in [0.4, 0.5) is 5.69 Å². The lowest BCUT2D eigenvalue weighted by Gasteiger charge is -2.05. The number of benzene rings is 2. The molecule has 0 aliphatic rings. The molecule has 1 amide bonds. The van der Waals surface area contributed by atoms with Crippen LogP contribution in [0.2, 0.25) is 0 Å². The third kappa shape index (κ3) is 5.52. The molecule has 10 heteroatoms. The van der Waals surface area contributed by atoms with Crippen LogP contribution in [0.15, 0.2) is 69.4 Å². The Morgan fingerprint density at radius 2 is 1.94 bits per heavy atom. The van der Waals surface area contributed by atoms with Crippen molar-refractivity contribution in [3.8, 4) is 17.1 Å². The maximum atomic E-state index is 12.3. The van der Waals surface area contributed by atoms with Crippen molar-refractivity contribution < 1.29 is 14.1 Å². The predicted octanol–water partition coefficient (Wildman–Crippen LogP) is 3.99. The average Bonchev–Trinajstić information content (AvgIpc) is 3.44. The van der Waals surface area contributed by atoms with Crippen LogP contribution < -0.4 is 10.1 Å². The molecule has 0 atom stereocenters. The van der Waals surface area contributed by atoms with Gasteiger partial charge in [-0.3, -0.25) is 4.79 Å². The third-order valence-electron chi connectivity index (χ3n) is 4.47. The maximum absolute atomic E-state index is 12.3. The monoisotopic (exact) mass is 450 g/mol. The van der Waals surface area contributed by atoms with Crippen molar-refractivity contribution in [2.24, 2.45) is 7.05 Å². The van der Waals surface area contributed by atoms with E-state index in [1.807, 2.05) is 67.1 Å². The van der Waals surface area contributed by atoms with Crippen LogP contribution in [0.5, 0.6) is 5.75 Å². The summed E-state index contributed by atoms with van der Waals surface area (Å²) in [5, 5.41) is 15.6. The molecule has 2 heterocycles. The van der Waals surface area contributed by atoms with Crippen LogP contribution in [0.25, 0.3) is 11.4 Å². The molecule has 4 aromatic rings. The Kier molecular flexibility index (Phi) is 6.81. The number of nitrogens with one attached hydrogen (secondary N) is 1. The number of aryl methyl sites for hydroxylation is 2. The van der Waals surface area contributed by atoms with Crippen LogP contribution in [-0.2, 0) is 18.3 Å². The lowest BCUT2D eigenvalue weighted by atomic mass is 10.2. The van der Waals surface area contributed by atoms with Crippen molar-refractivity contribution in [1.29, 1.82) is 0 Å². The molecule has 4 rings (SSSR count). The number of hydrogen-bond acceptors (Lipinski definition) is 8. The van der Waals surface area contributed by atoms with E-state index in [1.54, 1.807) is 6.33 Å². The number of nitrogens with zero attached hydrogens (tertiary/aromatic N) is 5. The molecule has 0 bridgehead atoms. The SMILES string of the molecule is CCOc1ccc(-c2noc(CCC(=O)Nc3ccc(Sc4nncn4C)cc3)n2)cc1. The van der Waals surface area contributed by atoms with Gasteiger partial charge < -0.3 is 19.1 Å². The summed E-state index contributed by atoms with van der Waals surface area (Å²) in [5.74, 6) is 1.57. The van der Waals surface area contributed by atoms with Crippen LogP contribution >= 0.6 is 11.8 Å². The van der Waals surface area contributed by atoms with Gasteiger partial charge in [0.1, 0.15) is 12.1 Å². The quantitative estimate of drug-likeness (QED) is 0.408. The van der Waals surface area contributed by atoms with E-state index in [0.717, 1.165) is 27.1 Å². The summed E-state index contributed by atoms with van der Waals surface area (Å²) in [6.45, 7) is 2.55. The van der Waals surface area contributed by atoms with E-state index in [4.69, 9.17) is 9.26 Å². The fourth-order valence-corrected chi connectivity index (χ4v) is 3.62. The fraction of sp³-hybridized carbons (Fsp3) is 0.227. The summed E-state index contributed by atoms with van der Waals surface area (Å²) >= 11 is 1.50. The lowest BCUT2D eigenvalue weighted by Crippen LogP contribution is -2.12. The van der Waals surface area contributed by atoms with Gasteiger partial charge in [-0.05, 0) is 67.2 Å². The summed E-state index contributed by atoms with van der Waals surface area (Å²) in [6, 6.07) is 15.0. The predicted molar refractivity (Wildman–Crippen MR) is 119 cm³/mol. The molecule has 0 aliphatic heterocycles. The largest absolute Gasteiger partial charge is 0.494 e. The Bertz CT molecular complexity index is 1170. The maximum Gasteiger partial charge on any atom is 0.227 e. The van der Waals surface area contributed by atoms with E-state index in [2.05, 4.69) is 25.7 Å². The van der Waals surface area contributed by atoms with Crippen molar-refractivity contribution >= 4 is 23.4 Å². The van der Waals surface area contributed by atoms with Gasteiger partial charge in [-0.1, -0.05) is 5.16 Å². The van der Waals surface area contributed by atoms with E-state index in [9.17, 15) is 4.79 Å². The van der Waals surface area contributed by atoms with Gasteiger partial charge in [-0.2, -0.15) is 4.98 Å². The van der Waals surface area contributed by atoms with Gasteiger partial charge in [-0.15, -0.1) is 10.2 Å². The fourth-order valence-electron chi connectivity index (χ4n) is 2.86. The number of ether oxygens (including phenoxy) is 1. The number of carbonyl (C=O) groups excluding carboxylic acids is 1. The van der Waals surface area contributed by atoms with Gasteiger partial charge in [0.15, 0.2) is 5.16 Å². The highest BCUT2D eigenvalue weighted by atomic mass is 32.2. The second-order valence-corrected chi connectivity index (χ2v) is 7.91. The van der Waals surface area contributed by atoms with Gasteiger partial charge in [-0.25, -0.2) is 0 Å². The van der Waals surface area contributed by atoms with E-state index in [1.165, 1.54) is 11.8 Å². The van der Waals surface area contributed by atoms with Gasteiger partial charge in [0.2, 0.25) is 17.6 Å². The smallest absolute Gasteiger partial charge is 0.227 e. The molecular formula is C22H22N6O3S. The number of aromatic nitrogens is 5. The first-order chi connectivity index (χ1) is 15.6. The molecule has 164 valence electrons. The van der Waals surface area contributed by atoms with Crippen molar-refractivity contribution in [3.63, 3.8) is 0 Å². The molecule has 9 nitrogen and oxygen atoms in total. The number of carbonyl (C=O) groups is 1. The zero-order valence-electron chi connectivity index (χ0n) is 17.7. The van der Waals surface area contributed by atoms with Crippen molar-refractivity contribution in [2.75, 3.05) is 11.9 Å². The number of amides is 1. The number of rotatable bonds is 9. The Morgan fingerprint density at radius 1 is 1.16 bits per heavy atom.